The number of thioether (sulfide) groups is 1. The van der Waals surface area contributed by atoms with E-state index in [0.29, 0.717) is 51.3 Å². The zero-order chi connectivity index (χ0) is 33.8. The third-order valence-electron chi connectivity index (χ3n) is 9.68. The van der Waals surface area contributed by atoms with Gasteiger partial charge in [0.15, 0.2) is 8.32 Å². The van der Waals surface area contributed by atoms with Gasteiger partial charge in [0.1, 0.15) is 16.7 Å². The van der Waals surface area contributed by atoms with E-state index in [9.17, 15) is 9.18 Å². The van der Waals surface area contributed by atoms with E-state index in [-0.39, 0.29) is 22.4 Å². The van der Waals surface area contributed by atoms with Crippen LogP contribution in [-0.4, -0.2) is 90.8 Å². The van der Waals surface area contributed by atoms with Crippen LogP contribution in [0.25, 0.3) is 11.3 Å². The van der Waals surface area contributed by atoms with Crippen molar-refractivity contribution in [1.82, 2.24) is 25.0 Å². The number of nitrogens with one attached hydrogen (secondary N) is 2. The van der Waals surface area contributed by atoms with Crippen molar-refractivity contribution in [3.63, 3.8) is 0 Å². The van der Waals surface area contributed by atoms with Gasteiger partial charge in [-0.05, 0) is 74.8 Å². The zero-order valence-electron chi connectivity index (χ0n) is 28.3. The van der Waals surface area contributed by atoms with Crippen molar-refractivity contribution in [2.24, 2.45) is 5.92 Å². The first-order valence-electron chi connectivity index (χ1n) is 16.4. The number of hydrogen-bond donors (Lipinski definition) is 2. The van der Waals surface area contributed by atoms with E-state index in [1.54, 1.807) is 24.4 Å². The topological polar surface area (TPSA) is 95.5 Å². The number of pyridine rings is 1. The summed E-state index contributed by atoms with van der Waals surface area (Å²) in [6, 6.07) is 10.2. The molecule has 2 fully saturated rings. The zero-order valence-corrected chi connectivity index (χ0v) is 30.8. The molecule has 0 radical (unpaired) electrons. The van der Waals surface area contributed by atoms with Gasteiger partial charge >= 0.3 is 0 Å². The Balaban J connectivity index is 1.29. The fourth-order valence-electron chi connectivity index (χ4n) is 5.73. The Bertz CT molecular complexity index is 1550. The van der Waals surface area contributed by atoms with Gasteiger partial charge in [0.25, 0.3) is 0 Å². The number of amides is 1. The average molecular weight is 700 g/mol. The smallest absolute Gasteiger partial charge is 0.228 e. The minimum absolute atomic E-state index is 0.00792. The van der Waals surface area contributed by atoms with Crippen LogP contribution in [0.5, 0.6) is 0 Å². The van der Waals surface area contributed by atoms with Crippen molar-refractivity contribution in [3.8, 4) is 11.3 Å². The number of piperazine rings is 1. The number of benzene rings is 1. The van der Waals surface area contributed by atoms with E-state index in [1.807, 2.05) is 6.07 Å². The molecule has 5 rings (SSSR count). The maximum atomic E-state index is 14.8. The normalized spacial score (nSPS) is 19.6. The van der Waals surface area contributed by atoms with Crippen LogP contribution in [0.3, 0.4) is 0 Å². The summed E-state index contributed by atoms with van der Waals surface area (Å²) in [6.45, 7) is 16.0. The van der Waals surface area contributed by atoms with E-state index in [0.717, 1.165) is 45.4 Å². The van der Waals surface area contributed by atoms with Crippen LogP contribution in [0.2, 0.25) is 23.2 Å². The van der Waals surface area contributed by atoms with Crippen molar-refractivity contribution in [2.75, 3.05) is 56.2 Å². The molecule has 1 aliphatic heterocycles. The molecule has 13 heteroatoms. The number of hydrogen-bond acceptors (Lipinski definition) is 9. The lowest BCUT2D eigenvalue weighted by atomic mass is 10.1. The van der Waals surface area contributed by atoms with Crippen LogP contribution in [0, 0.1) is 11.7 Å². The maximum Gasteiger partial charge on any atom is 0.228 e. The van der Waals surface area contributed by atoms with Crippen molar-refractivity contribution < 1.29 is 13.6 Å². The van der Waals surface area contributed by atoms with E-state index in [4.69, 9.17) is 16.0 Å². The third kappa shape index (κ3) is 9.30. The van der Waals surface area contributed by atoms with Gasteiger partial charge in [-0.2, -0.15) is 0 Å². The van der Waals surface area contributed by atoms with Crippen LogP contribution >= 0.6 is 23.4 Å². The number of likely N-dealkylation sites (N-methyl/N-ethyl adjacent to an activating group) is 1. The molecule has 1 saturated heterocycles. The Kier molecular flexibility index (Phi) is 11.6. The summed E-state index contributed by atoms with van der Waals surface area (Å²) in [5.41, 5.74) is 1.98. The van der Waals surface area contributed by atoms with Crippen molar-refractivity contribution in [3.05, 3.63) is 53.4 Å². The Labute approximate surface area is 288 Å². The second kappa shape index (κ2) is 15.3. The molecule has 47 heavy (non-hydrogen) atoms. The number of carbonyl (C=O) groups is 1. The maximum absolute atomic E-state index is 14.8. The average Bonchev–Trinajstić information content (AvgIpc) is 3.52. The summed E-state index contributed by atoms with van der Waals surface area (Å²) in [6.07, 6.45) is 4.46. The first kappa shape index (κ1) is 35.7. The Morgan fingerprint density at radius 1 is 1.11 bits per heavy atom. The summed E-state index contributed by atoms with van der Waals surface area (Å²) in [5.74, 6) is 0.689. The predicted octanol–water partition coefficient (Wildman–Crippen LogP) is 7.54. The largest absolute Gasteiger partial charge is 0.416 e. The van der Waals surface area contributed by atoms with Crippen LogP contribution in [0.15, 0.2) is 47.6 Å². The van der Waals surface area contributed by atoms with Crippen LogP contribution in [0.1, 0.15) is 40.0 Å². The molecule has 1 aromatic carbocycles. The molecule has 0 unspecified atom stereocenters. The van der Waals surface area contributed by atoms with E-state index < -0.39 is 14.1 Å². The second-order valence-electron chi connectivity index (χ2n) is 14.1. The van der Waals surface area contributed by atoms with Gasteiger partial charge in [0.05, 0.1) is 11.4 Å². The van der Waals surface area contributed by atoms with Crippen molar-refractivity contribution in [2.45, 2.75) is 69.2 Å². The second-order valence-corrected chi connectivity index (χ2v) is 20.4. The fourth-order valence-corrected chi connectivity index (χ4v) is 7.82. The molecule has 0 spiro atoms. The summed E-state index contributed by atoms with van der Waals surface area (Å²) >= 11 is 7.71. The highest BCUT2D eigenvalue weighted by atomic mass is 35.5. The number of nitrogens with zero attached hydrogens (tertiary/aromatic N) is 5. The minimum Gasteiger partial charge on any atom is -0.416 e. The molecule has 2 aromatic heterocycles. The SMILES string of the molecule is CN1CCN([C@H]2CC[C@@H](C(=O)Nc3cc(Nc4cc(-c5cc(Cl)ccc5F)nnc4SCCO[Si](C)(C)C(C)(C)C)ccn3)C2)CC1. The molecule has 2 atom stereocenters. The first-order valence-corrected chi connectivity index (χ1v) is 20.6. The van der Waals surface area contributed by atoms with E-state index in [2.05, 4.69) is 76.5 Å². The van der Waals surface area contributed by atoms with Crippen LogP contribution < -0.4 is 10.6 Å². The fraction of sp³-hybridized carbons (Fsp3) is 0.529. The number of carbonyl (C=O) groups excluding carboxylic acids is 1. The number of halogens is 2. The van der Waals surface area contributed by atoms with E-state index in [1.165, 1.54) is 23.9 Å². The standard InChI is InChI=1S/C34H47ClFN7O2SSi/c1-34(2,3)47(5,6)45-17-18-46-33-30(22-29(40-41-33)27-20-24(35)8-10-28(27)36)38-25-11-12-37-31(21-25)39-32(44)23-7-9-26(19-23)43-15-13-42(4)14-16-43/h8,10-12,20-23,26H,7,9,13-19H2,1-6H3,(H2,37,38,39,40,44)/t23-,26+/m1/s1. The van der Waals surface area contributed by atoms with Crippen molar-refractivity contribution >= 4 is 54.8 Å². The molecule has 1 amide bonds. The molecule has 2 N–H and O–H groups in total. The summed E-state index contributed by atoms with van der Waals surface area (Å²) in [5, 5.41) is 16.5. The molecule has 3 aromatic rings. The molecule has 0 bridgehead atoms. The van der Waals surface area contributed by atoms with E-state index >= 15 is 0 Å². The highest BCUT2D eigenvalue weighted by Crippen LogP contribution is 2.38. The summed E-state index contributed by atoms with van der Waals surface area (Å²) in [7, 11) is 0.267. The quantitative estimate of drug-likeness (QED) is 0.120. The van der Waals surface area contributed by atoms with Crippen LogP contribution in [-0.2, 0) is 9.22 Å². The molecule has 3 heterocycles. The first-order chi connectivity index (χ1) is 22.3. The molecule has 254 valence electrons. The van der Waals surface area contributed by atoms with Crippen LogP contribution in [0.4, 0.5) is 21.6 Å². The summed E-state index contributed by atoms with van der Waals surface area (Å²) < 4.78 is 21.2. The number of aromatic nitrogens is 3. The molecular formula is C34H47ClFN7O2SSi. The van der Waals surface area contributed by atoms with Crippen molar-refractivity contribution in [1.29, 1.82) is 0 Å². The molecule has 1 aliphatic carbocycles. The Morgan fingerprint density at radius 3 is 2.62 bits per heavy atom. The highest BCUT2D eigenvalue weighted by Gasteiger charge is 2.37. The molecular weight excluding hydrogens is 653 g/mol. The Morgan fingerprint density at radius 2 is 1.87 bits per heavy atom. The lowest BCUT2D eigenvalue weighted by Gasteiger charge is -2.36. The summed E-state index contributed by atoms with van der Waals surface area (Å²) in [4.78, 5) is 22.6. The predicted molar refractivity (Wildman–Crippen MR) is 193 cm³/mol. The Hall–Kier alpha value is -2.61. The third-order valence-corrected chi connectivity index (χ3v) is 15.4. The van der Waals surface area contributed by atoms with Gasteiger partial charge in [-0.25, -0.2) is 9.37 Å². The molecule has 1 saturated carbocycles. The monoisotopic (exact) mass is 699 g/mol. The lowest BCUT2D eigenvalue weighted by Crippen LogP contribution is -2.48. The minimum atomic E-state index is -1.89. The van der Waals surface area contributed by atoms with Gasteiger partial charge in [-0.15, -0.1) is 22.0 Å². The van der Waals surface area contributed by atoms with Gasteiger partial charge in [-0.1, -0.05) is 32.4 Å². The van der Waals surface area contributed by atoms with Gasteiger partial charge < -0.3 is 20.0 Å². The van der Waals surface area contributed by atoms with Gasteiger partial charge in [0, 0.05) is 79.0 Å². The number of rotatable bonds is 11. The van der Waals surface area contributed by atoms with Gasteiger partial charge in [0.2, 0.25) is 5.91 Å². The molecule has 9 nitrogen and oxygen atoms in total. The lowest BCUT2D eigenvalue weighted by molar-refractivity contribution is -0.119. The number of anilines is 3. The molecule has 2 aliphatic rings. The highest BCUT2D eigenvalue weighted by molar-refractivity contribution is 7.99. The van der Waals surface area contributed by atoms with Gasteiger partial charge in [-0.3, -0.25) is 9.69 Å².